The molecule has 1 atom stereocenters. The summed E-state index contributed by atoms with van der Waals surface area (Å²) >= 11 is 0. The number of carbonyl (C=O) groups is 3. The fraction of sp³-hybridized carbons (Fsp3) is 0.400. The van der Waals surface area contributed by atoms with Gasteiger partial charge in [0, 0.05) is 12.6 Å². The van der Waals surface area contributed by atoms with Crippen LogP contribution in [0.3, 0.4) is 0 Å². The third-order valence-corrected chi connectivity index (χ3v) is 3.00. The summed E-state index contributed by atoms with van der Waals surface area (Å²) in [5, 5.41) is 7.23. The second-order valence-electron chi connectivity index (χ2n) is 5.41. The third kappa shape index (κ3) is 6.93. The topological polar surface area (TPSA) is 113 Å². The molecule has 0 saturated heterocycles. The van der Waals surface area contributed by atoms with Crippen molar-refractivity contribution in [2.75, 3.05) is 17.2 Å². The lowest BCUT2D eigenvalue weighted by molar-refractivity contribution is -0.125. The summed E-state index contributed by atoms with van der Waals surface area (Å²) in [5.74, 6) is -2.00. The first-order valence-corrected chi connectivity index (χ1v) is 7.11. The number of anilines is 2. The van der Waals surface area contributed by atoms with E-state index in [-0.39, 0.29) is 30.6 Å². The molecule has 0 bridgehead atoms. The van der Waals surface area contributed by atoms with Gasteiger partial charge in [-0.3, -0.25) is 14.4 Å². The predicted octanol–water partition coefficient (Wildman–Crippen LogP) is 1.24. The number of benzene rings is 1. The van der Waals surface area contributed by atoms with Gasteiger partial charge >= 0.3 is 0 Å². The third-order valence-electron chi connectivity index (χ3n) is 3.00. The summed E-state index contributed by atoms with van der Waals surface area (Å²) in [6, 6.07) is 3.06. The van der Waals surface area contributed by atoms with Crippen LogP contribution in [0, 0.1) is 11.7 Å². The number of nitrogens with two attached hydrogens (primary N) is 1. The van der Waals surface area contributed by atoms with Gasteiger partial charge in [0.1, 0.15) is 5.82 Å². The molecule has 0 saturated carbocycles. The van der Waals surface area contributed by atoms with Crippen molar-refractivity contribution >= 4 is 41.5 Å². The van der Waals surface area contributed by atoms with Crippen molar-refractivity contribution in [3.63, 3.8) is 0 Å². The molecule has 0 spiro atoms. The number of hydrogen-bond donors (Lipinski definition) is 4. The first-order valence-electron chi connectivity index (χ1n) is 7.11. The molecular weight excluding hydrogens is 339 g/mol. The Balaban J connectivity index is 0.00000529. The summed E-state index contributed by atoms with van der Waals surface area (Å²) in [6.45, 7) is 4.59. The Morgan fingerprint density at radius 2 is 1.83 bits per heavy atom. The highest BCUT2D eigenvalue weighted by atomic mass is 35.5. The van der Waals surface area contributed by atoms with Crippen molar-refractivity contribution in [3.05, 3.63) is 24.0 Å². The number of carbonyl (C=O) groups excluding carboxylic acids is 3. The van der Waals surface area contributed by atoms with E-state index in [1.165, 1.54) is 19.1 Å². The summed E-state index contributed by atoms with van der Waals surface area (Å²) in [6.07, 6.45) is 0. The van der Waals surface area contributed by atoms with Gasteiger partial charge in [0.15, 0.2) is 0 Å². The van der Waals surface area contributed by atoms with Gasteiger partial charge in [0.05, 0.1) is 18.3 Å². The molecular formula is C15H22ClFN4O3. The van der Waals surface area contributed by atoms with Gasteiger partial charge in [0.25, 0.3) is 0 Å². The summed E-state index contributed by atoms with van der Waals surface area (Å²) in [5.41, 5.74) is 5.91. The molecule has 0 unspecified atom stereocenters. The highest BCUT2D eigenvalue weighted by Crippen LogP contribution is 2.19. The number of hydrogen-bond acceptors (Lipinski definition) is 4. The molecule has 0 aliphatic rings. The van der Waals surface area contributed by atoms with Crippen LogP contribution in [0.4, 0.5) is 15.8 Å². The van der Waals surface area contributed by atoms with E-state index < -0.39 is 29.6 Å². The van der Waals surface area contributed by atoms with Crippen LogP contribution in [0.5, 0.6) is 0 Å². The van der Waals surface area contributed by atoms with Gasteiger partial charge < -0.3 is 21.7 Å². The fourth-order valence-corrected chi connectivity index (χ4v) is 1.68. The monoisotopic (exact) mass is 360 g/mol. The zero-order chi connectivity index (χ0) is 17.6. The lowest BCUT2D eigenvalue weighted by atomic mass is 10.1. The van der Waals surface area contributed by atoms with E-state index in [0.717, 1.165) is 6.07 Å². The maximum Gasteiger partial charge on any atom is 0.243 e. The molecule has 1 rings (SSSR count). The van der Waals surface area contributed by atoms with Crippen molar-refractivity contribution in [2.45, 2.75) is 26.8 Å². The van der Waals surface area contributed by atoms with Crippen LogP contribution in [-0.4, -0.2) is 30.3 Å². The molecule has 24 heavy (non-hydrogen) atoms. The van der Waals surface area contributed by atoms with Crippen molar-refractivity contribution < 1.29 is 18.8 Å². The number of halogens is 2. The molecule has 1 aromatic rings. The minimum atomic E-state index is -0.694. The maximum atomic E-state index is 13.5. The van der Waals surface area contributed by atoms with Crippen LogP contribution < -0.4 is 21.7 Å². The van der Waals surface area contributed by atoms with E-state index >= 15 is 0 Å². The Labute approximate surface area is 146 Å². The molecule has 134 valence electrons. The van der Waals surface area contributed by atoms with Gasteiger partial charge in [-0.1, -0.05) is 13.8 Å². The lowest BCUT2D eigenvalue weighted by Gasteiger charge is -2.15. The molecule has 5 N–H and O–H groups in total. The van der Waals surface area contributed by atoms with E-state index in [1.807, 2.05) is 0 Å². The van der Waals surface area contributed by atoms with Gasteiger partial charge in [-0.15, -0.1) is 12.4 Å². The Morgan fingerprint density at radius 1 is 1.21 bits per heavy atom. The van der Waals surface area contributed by atoms with E-state index in [9.17, 15) is 18.8 Å². The highest BCUT2D eigenvalue weighted by molar-refractivity contribution is 5.96. The summed E-state index contributed by atoms with van der Waals surface area (Å²) in [4.78, 5) is 34.4. The minimum Gasteiger partial charge on any atom is -0.346 e. The smallest absolute Gasteiger partial charge is 0.243 e. The molecule has 9 heteroatoms. The normalized spacial score (nSPS) is 11.2. The Morgan fingerprint density at radius 3 is 2.38 bits per heavy atom. The molecule has 7 nitrogen and oxygen atoms in total. The maximum absolute atomic E-state index is 13.5. The molecule has 0 aliphatic heterocycles. The Bertz CT molecular complexity index is 610. The largest absolute Gasteiger partial charge is 0.346 e. The van der Waals surface area contributed by atoms with Crippen molar-refractivity contribution in [2.24, 2.45) is 11.7 Å². The molecule has 0 fully saturated rings. The van der Waals surface area contributed by atoms with Crippen LogP contribution in [-0.2, 0) is 14.4 Å². The second-order valence-corrected chi connectivity index (χ2v) is 5.41. The van der Waals surface area contributed by atoms with Gasteiger partial charge in [-0.25, -0.2) is 4.39 Å². The SMILES string of the molecule is CC(=O)Nc1cc(NC(=O)CNC(=O)[C@@H](N)C(C)C)ccc1F.Cl. The van der Waals surface area contributed by atoms with Crippen molar-refractivity contribution in [3.8, 4) is 0 Å². The van der Waals surface area contributed by atoms with Gasteiger partial charge in [-0.05, 0) is 24.1 Å². The van der Waals surface area contributed by atoms with Gasteiger partial charge in [0.2, 0.25) is 17.7 Å². The molecule has 1 aromatic carbocycles. The van der Waals surface area contributed by atoms with Crippen LogP contribution in [0.15, 0.2) is 18.2 Å². The Hall–Kier alpha value is -2.19. The highest BCUT2D eigenvalue weighted by Gasteiger charge is 2.17. The fourth-order valence-electron chi connectivity index (χ4n) is 1.68. The van der Waals surface area contributed by atoms with E-state index in [1.54, 1.807) is 13.8 Å². The van der Waals surface area contributed by atoms with E-state index in [0.29, 0.717) is 5.69 Å². The van der Waals surface area contributed by atoms with Crippen LogP contribution in [0.1, 0.15) is 20.8 Å². The van der Waals surface area contributed by atoms with Crippen molar-refractivity contribution in [1.82, 2.24) is 5.32 Å². The second kappa shape index (κ2) is 9.84. The summed E-state index contributed by atoms with van der Waals surface area (Å²) < 4.78 is 13.5. The molecule has 0 aliphatic carbocycles. The first kappa shape index (κ1) is 21.8. The van der Waals surface area contributed by atoms with E-state index in [4.69, 9.17) is 5.73 Å². The van der Waals surface area contributed by atoms with Gasteiger partial charge in [-0.2, -0.15) is 0 Å². The zero-order valence-corrected chi connectivity index (χ0v) is 14.5. The number of amides is 3. The summed E-state index contributed by atoms with van der Waals surface area (Å²) in [7, 11) is 0. The zero-order valence-electron chi connectivity index (χ0n) is 13.7. The first-order chi connectivity index (χ1) is 10.7. The van der Waals surface area contributed by atoms with E-state index in [2.05, 4.69) is 16.0 Å². The Kier molecular flexibility index (Phi) is 8.94. The van der Waals surface area contributed by atoms with Crippen LogP contribution >= 0.6 is 12.4 Å². The standard InChI is InChI=1S/C15H21FN4O3.ClH/c1-8(2)14(17)15(23)18-7-13(22)20-10-4-5-11(16)12(6-10)19-9(3)21;/h4-6,8,14H,7,17H2,1-3H3,(H,18,23)(H,19,21)(H,20,22);1H/t14-;/m0./s1. The number of nitrogens with one attached hydrogen (secondary N) is 3. The molecule has 0 radical (unpaired) electrons. The molecule has 3 amide bonds. The number of rotatable bonds is 6. The lowest BCUT2D eigenvalue weighted by Crippen LogP contribution is -2.46. The quantitative estimate of drug-likeness (QED) is 0.611. The van der Waals surface area contributed by atoms with Crippen molar-refractivity contribution in [1.29, 1.82) is 0 Å². The van der Waals surface area contributed by atoms with Crippen LogP contribution in [0.25, 0.3) is 0 Å². The molecule has 0 aromatic heterocycles. The minimum absolute atomic E-state index is 0. The van der Waals surface area contributed by atoms with Crippen LogP contribution in [0.2, 0.25) is 0 Å². The average Bonchev–Trinajstić information content (AvgIpc) is 2.46. The average molecular weight is 361 g/mol. The predicted molar refractivity (Wildman–Crippen MR) is 92.4 cm³/mol. The molecule has 0 heterocycles.